The minimum atomic E-state index is -3.70. The molecule has 1 aliphatic rings. The van der Waals surface area contributed by atoms with E-state index in [9.17, 15) is 17.6 Å². The number of sulfonamides is 1. The molecule has 3 aromatic rings. The van der Waals surface area contributed by atoms with E-state index < -0.39 is 16.1 Å². The van der Waals surface area contributed by atoms with Gasteiger partial charge in [0.05, 0.1) is 10.6 Å². The topological polar surface area (TPSA) is 78.5 Å². The van der Waals surface area contributed by atoms with E-state index in [4.69, 9.17) is 0 Å². The van der Waals surface area contributed by atoms with Crippen LogP contribution >= 0.6 is 0 Å². The predicted molar refractivity (Wildman–Crippen MR) is 118 cm³/mol. The molecule has 8 heteroatoms. The number of urea groups is 1. The van der Waals surface area contributed by atoms with Gasteiger partial charge in [0.1, 0.15) is 5.82 Å². The molecule has 0 spiro atoms. The molecule has 0 fully saturated rings. The Morgan fingerprint density at radius 2 is 1.74 bits per heavy atom. The second-order valence-electron chi connectivity index (χ2n) is 7.27. The minimum Gasteiger partial charge on any atom is -0.334 e. The maximum Gasteiger partial charge on any atom is 0.319 e. The number of amides is 2. The lowest BCUT2D eigenvalue weighted by molar-refractivity contribution is 0.251. The molecule has 0 unspecified atom stereocenters. The summed E-state index contributed by atoms with van der Waals surface area (Å²) in [6.45, 7) is 0.621. The third-order valence-electron chi connectivity index (χ3n) is 5.12. The average Bonchev–Trinajstić information content (AvgIpc) is 2.79. The Morgan fingerprint density at radius 3 is 2.48 bits per heavy atom. The molecule has 2 amide bonds. The highest BCUT2D eigenvalue weighted by Crippen LogP contribution is 2.34. The van der Waals surface area contributed by atoms with Crippen molar-refractivity contribution in [2.24, 2.45) is 0 Å². The van der Waals surface area contributed by atoms with Gasteiger partial charge in [0.2, 0.25) is 0 Å². The molecule has 0 atom stereocenters. The summed E-state index contributed by atoms with van der Waals surface area (Å²) < 4.78 is 40.7. The Bertz CT molecular complexity index is 1180. The van der Waals surface area contributed by atoms with Gasteiger partial charge in [-0.05, 0) is 60.4 Å². The van der Waals surface area contributed by atoms with Crippen molar-refractivity contribution in [1.29, 1.82) is 0 Å². The van der Waals surface area contributed by atoms with Crippen LogP contribution in [-0.4, -0.2) is 21.0 Å². The van der Waals surface area contributed by atoms with Gasteiger partial charge in [-0.2, -0.15) is 0 Å². The van der Waals surface area contributed by atoms with Gasteiger partial charge in [-0.25, -0.2) is 17.6 Å². The quantitative estimate of drug-likeness (QED) is 0.623. The summed E-state index contributed by atoms with van der Waals surface area (Å²) in [5.41, 5.74) is 2.75. The van der Waals surface area contributed by atoms with E-state index in [1.807, 2.05) is 6.07 Å². The first-order chi connectivity index (χ1) is 14.9. The SMILES string of the molecule is O=C(NCc1ccc(F)cc1)Nc1ccc2c(c1)N(S(=O)(=O)c1ccccc1)CCC2. The molecule has 0 saturated heterocycles. The molecule has 0 aliphatic carbocycles. The van der Waals surface area contributed by atoms with E-state index in [2.05, 4.69) is 10.6 Å². The number of aryl methyl sites for hydroxylation is 1. The Labute approximate surface area is 180 Å². The number of fused-ring (bicyclic) bond motifs is 1. The molecule has 1 heterocycles. The van der Waals surface area contributed by atoms with Crippen molar-refractivity contribution in [3.05, 3.63) is 89.7 Å². The number of carbonyl (C=O) groups is 1. The number of anilines is 2. The fourth-order valence-corrected chi connectivity index (χ4v) is 5.10. The van der Waals surface area contributed by atoms with E-state index in [1.54, 1.807) is 54.6 Å². The first kappa shape index (κ1) is 20.9. The van der Waals surface area contributed by atoms with Gasteiger partial charge >= 0.3 is 6.03 Å². The molecule has 0 saturated carbocycles. The van der Waals surface area contributed by atoms with Gasteiger partial charge in [-0.15, -0.1) is 0 Å². The van der Waals surface area contributed by atoms with Gasteiger partial charge in [0.25, 0.3) is 10.0 Å². The van der Waals surface area contributed by atoms with Crippen molar-refractivity contribution in [3.63, 3.8) is 0 Å². The average molecular weight is 440 g/mol. The smallest absolute Gasteiger partial charge is 0.319 e. The fourth-order valence-electron chi connectivity index (χ4n) is 3.55. The van der Waals surface area contributed by atoms with Crippen molar-refractivity contribution >= 4 is 27.4 Å². The summed E-state index contributed by atoms with van der Waals surface area (Å²) in [5, 5.41) is 5.45. The molecule has 2 N–H and O–H groups in total. The summed E-state index contributed by atoms with van der Waals surface area (Å²) >= 11 is 0. The highest BCUT2D eigenvalue weighted by Gasteiger charge is 2.29. The van der Waals surface area contributed by atoms with Crippen LogP contribution < -0.4 is 14.9 Å². The lowest BCUT2D eigenvalue weighted by Crippen LogP contribution is -2.35. The number of hydrogen-bond donors (Lipinski definition) is 2. The Hall–Kier alpha value is -3.39. The summed E-state index contributed by atoms with van der Waals surface area (Å²) in [7, 11) is -3.70. The van der Waals surface area contributed by atoms with E-state index in [0.29, 0.717) is 17.9 Å². The van der Waals surface area contributed by atoms with Gasteiger partial charge in [0, 0.05) is 18.8 Å². The molecule has 0 radical (unpaired) electrons. The zero-order valence-corrected chi connectivity index (χ0v) is 17.5. The number of carbonyl (C=O) groups excluding carboxylic acids is 1. The Kier molecular flexibility index (Phi) is 5.90. The Balaban J connectivity index is 1.51. The third-order valence-corrected chi connectivity index (χ3v) is 6.94. The van der Waals surface area contributed by atoms with Gasteiger partial charge in [0.15, 0.2) is 0 Å². The number of rotatable bonds is 5. The van der Waals surface area contributed by atoms with Crippen molar-refractivity contribution in [2.45, 2.75) is 24.3 Å². The minimum absolute atomic E-state index is 0.234. The van der Waals surface area contributed by atoms with Crippen LogP contribution in [0.25, 0.3) is 0 Å². The molecule has 4 rings (SSSR count). The van der Waals surface area contributed by atoms with Gasteiger partial charge < -0.3 is 10.6 Å². The molecule has 0 bridgehead atoms. The molecular formula is C23H22FN3O3S. The standard InChI is InChI=1S/C23H22FN3O3S/c24-19-11-8-17(9-12-19)16-25-23(28)26-20-13-10-18-5-4-14-27(22(18)15-20)31(29,30)21-6-2-1-3-7-21/h1-3,6-13,15H,4-5,14,16H2,(H2,25,26,28). The van der Waals surface area contributed by atoms with Gasteiger partial charge in [-0.3, -0.25) is 4.31 Å². The molecule has 3 aromatic carbocycles. The van der Waals surface area contributed by atoms with E-state index in [-0.39, 0.29) is 17.3 Å². The summed E-state index contributed by atoms with van der Waals surface area (Å²) in [6, 6.07) is 19.0. The lowest BCUT2D eigenvalue weighted by atomic mass is 10.0. The molecule has 0 aromatic heterocycles. The second kappa shape index (κ2) is 8.77. The summed E-state index contributed by atoms with van der Waals surface area (Å²) in [4.78, 5) is 12.5. The maximum absolute atomic E-state index is 13.2. The zero-order chi connectivity index (χ0) is 21.8. The largest absolute Gasteiger partial charge is 0.334 e. The number of benzene rings is 3. The zero-order valence-electron chi connectivity index (χ0n) is 16.7. The highest BCUT2D eigenvalue weighted by atomic mass is 32.2. The van der Waals surface area contributed by atoms with Crippen LogP contribution in [0.15, 0.2) is 77.7 Å². The molecule has 6 nitrogen and oxygen atoms in total. The second-order valence-corrected chi connectivity index (χ2v) is 9.13. The van der Waals surface area contributed by atoms with Crippen molar-refractivity contribution < 1.29 is 17.6 Å². The Morgan fingerprint density at radius 1 is 1.00 bits per heavy atom. The molecule has 160 valence electrons. The van der Waals surface area contributed by atoms with E-state index in [1.165, 1.54) is 16.4 Å². The van der Waals surface area contributed by atoms with Gasteiger partial charge in [-0.1, -0.05) is 36.4 Å². The van der Waals surface area contributed by atoms with Crippen molar-refractivity contribution in [1.82, 2.24) is 5.32 Å². The van der Waals surface area contributed by atoms with Crippen LogP contribution in [0, 0.1) is 5.82 Å². The predicted octanol–water partition coefficient (Wildman–Crippen LogP) is 4.29. The summed E-state index contributed by atoms with van der Waals surface area (Å²) in [5.74, 6) is -0.336. The van der Waals surface area contributed by atoms with Crippen LogP contribution in [0.1, 0.15) is 17.5 Å². The molecule has 31 heavy (non-hydrogen) atoms. The number of nitrogens with zero attached hydrogens (tertiary/aromatic N) is 1. The molecular weight excluding hydrogens is 417 g/mol. The van der Waals surface area contributed by atoms with Crippen LogP contribution in [0.5, 0.6) is 0 Å². The maximum atomic E-state index is 13.2. The fraction of sp³-hybridized carbons (Fsp3) is 0.174. The highest BCUT2D eigenvalue weighted by molar-refractivity contribution is 7.92. The number of nitrogens with one attached hydrogen (secondary N) is 2. The van der Waals surface area contributed by atoms with E-state index >= 15 is 0 Å². The third kappa shape index (κ3) is 4.69. The number of halogens is 1. The van der Waals surface area contributed by atoms with Crippen LogP contribution in [-0.2, 0) is 23.0 Å². The summed E-state index contributed by atoms with van der Waals surface area (Å²) in [6.07, 6.45) is 1.50. The van der Waals surface area contributed by atoms with Crippen LogP contribution in [0.3, 0.4) is 0 Å². The van der Waals surface area contributed by atoms with Crippen LogP contribution in [0.4, 0.5) is 20.6 Å². The van der Waals surface area contributed by atoms with Crippen molar-refractivity contribution in [3.8, 4) is 0 Å². The molecule has 1 aliphatic heterocycles. The number of hydrogen-bond acceptors (Lipinski definition) is 3. The van der Waals surface area contributed by atoms with Crippen LogP contribution in [0.2, 0.25) is 0 Å². The first-order valence-corrected chi connectivity index (χ1v) is 11.4. The monoisotopic (exact) mass is 439 g/mol. The van der Waals surface area contributed by atoms with E-state index in [0.717, 1.165) is 24.0 Å². The van der Waals surface area contributed by atoms with Crippen molar-refractivity contribution in [2.75, 3.05) is 16.2 Å². The lowest BCUT2D eigenvalue weighted by Gasteiger charge is -2.31. The first-order valence-electron chi connectivity index (χ1n) is 9.93. The normalized spacial score (nSPS) is 13.4.